The maximum Gasteiger partial charge on any atom is 0.252 e. The van der Waals surface area contributed by atoms with E-state index in [4.69, 9.17) is 5.84 Å². The van der Waals surface area contributed by atoms with Crippen molar-refractivity contribution in [3.63, 3.8) is 0 Å². The number of nitrogens with two attached hydrogens (primary N) is 3. The van der Waals surface area contributed by atoms with E-state index >= 15 is 0 Å². The number of rotatable bonds is 6. The van der Waals surface area contributed by atoms with Crippen LogP contribution in [0.5, 0.6) is 0 Å². The minimum absolute atomic E-state index is 0. The van der Waals surface area contributed by atoms with Gasteiger partial charge in [0.25, 0.3) is 5.91 Å². The van der Waals surface area contributed by atoms with Crippen LogP contribution >= 0.6 is 0 Å². The fourth-order valence-electron chi connectivity index (χ4n) is 3.26. The summed E-state index contributed by atoms with van der Waals surface area (Å²) in [7, 11) is 0. The number of hydrazine groups is 2. The summed E-state index contributed by atoms with van der Waals surface area (Å²) in [6.45, 7) is 1.98. The van der Waals surface area contributed by atoms with E-state index in [0.717, 1.165) is 21.9 Å². The highest BCUT2D eigenvalue weighted by Gasteiger charge is 2.16. The number of benzene rings is 3. The third-order valence-electron chi connectivity index (χ3n) is 4.68. The highest BCUT2D eigenvalue weighted by molar-refractivity contribution is 5.96. The van der Waals surface area contributed by atoms with Crippen molar-refractivity contribution in [3.05, 3.63) is 83.4 Å². The van der Waals surface area contributed by atoms with Crippen LogP contribution in [0.3, 0.4) is 0 Å². The van der Waals surface area contributed by atoms with Gasteiger partial charge in [0, 0.05) is 12.0 Å². The molecule has 0 heterocycles. The van der Waals surface area contributed by atoms with Gasteiger partial charge in [-0.3, -0.25) is 26.7 Å². The molecule has 0 unspecified atom stereocenters. The van der Waals surface area contributed by atoms with Crippen molar-refractivity contribution in [2.45, 2.75) is 25.8 Å². The van der Waals surface area contributed by atoms with Gasteiger partial charge in [-0.05, 0) is 41.3 Å². The fraction of sp³-hybridized carbons (Fsp3) is 0.182. The molecule has 30 heavy (non-hydrogen) atoms. The average molecular weight is 412 g/mol. The van der Waals surface area contributed by atoms with E-state index in [1.165, 1.54) is 0 Å². The van der Waals surface area contributed by atoms with Crippen LogP contribution in [0, 0.1) is 0 Å². The Balaban J connectivity index is 0.00000146. The molecule has 160 valence electrons. The lowest BCUT2D eigenvalue weighted by molar-refractivity contribution is -0.121. The van der Waals surface area contributed by atoms with Crippen LogP contribution in [-0.4, -0.2) is 17.3 Å². The predicted octanol–water partition coefficient (Wildman–Crippen LogP) is 1.25. The summed E-state index contributed by atoms with van der Waals surface area (Å²) in [5.41, 5.74) is 4.59. The molecule has 0 aliphatic rings. The quantitative estimate of drug-likeness (QED) is 0.233. The molecule has 0 aliphatic heterocycles. The van der Waals surface area contributed by atoms with Gasteiger partial charge in [-0.25, -0.2) is 5.84 Å². The number of carbonyl (C=O) groups is 2. The van der Waals surface area contributed by atoms with Crippen LogP contribution in [-0.2, 0) is 11.2 Å². The second-order valence-corrected chi connectivity index (χ2v) is 6.49. The number of nitrogens with one attached hydrogen (secondary N) is 2. The number of hydrogen-bond donors (Lipinski definition) is 5. The second-order valence-electron chi connectivity index (χ2n) is 6.49. The zero-order valence-electron chi connectivity index (χ0n) is 16.9. The summed E-state index contributed by atoms with van der Waals surface area (Å²) in [5, 5.41) is 5.35. The fourth-order valence-corrected chi connectivity index (χ4v) is 3.26. The minimum Gasteiger partial charge on any atom is -0.412 e. The Kier molecular flexibility index (Phi) is 10.1. The molecule has 0 fully saturated rings. The maximum atomic E-state index is 12.9. The largest absolute Gasteiger partial charge is 0.412 e. The van der Waals surface area contributed by atoms with Crippen molar-refractivity contribution in [2.75, 3.05) is 0 Å². The first-order valence-corrected chi connectivity index (χ1v) is 9.29. The van der Waals surface area contributed by atoms with Gasteiger partial charge in [0.1, 0.15) is 0 Å². The Bertz CT molecular complexity index is 972. The normalized spacial score (nSPS) is 10.8. The molecule has 8 heteroatoms. The Hall–Kier alpha value is -3.30. The van der Waals surface area contributed by atoms with Crippen LogP contribution in [0.15, 0.2) is 66.7 Å². The van der Waals surface area contributed by atoms with E-state index in [-0.39, 0.29) is 29.8 Å². The SMILES string of the molecule is C[C@@H](NC(=O)c1ccccc1CCC(=O)NN)c1cccc2ccccc12.NN.O. The van der Waals surface area contributed by atoms with Gasteiger partial charge in [0.15, 0.2) is 0 Å². The third kappa shape index (κ3) is 6.10. The van der Waals surface area contributed by atoms with E-state index < -0.39 is 0 Å². The summed E-state index contributed by atoms with van der Waals surface area (Å²) in [6.07, 6.45) is 0.689. The van der Waals surface area contributed by atoms with Crippen LogP contribution in [0.1, 0.15) is 40.9 Å². The van der Waals surface area contributed by atoms with Crippen molar-refractivity contribution < 1.29 is 15.1 Å². The molecule has 0 bridgehead atoms. The van der Waals surface area contributed by atoms with E-state index in [9.17, 15) is 9.59 Å². The Morgan fingerprint density at radius 2 is 1.57 bits per heavy atom. The number of aryl methyl sites for hydroxylation is 1. The minimum atomic E-state index is -0.255. The van der Waals surface area contributed by atoms with E-state index in [1.807, 2.05) is 49.4 Å². The first kappa shape index (κ1) is 24.7. The number of hydrogen-bond acceptors (Lipinski definition) is 5. The third-order valence-corrected chi connectivity index (χ3v) is 4.68. The molecule has 0 radical (unpaired) electrons. The van der Waals surface area contributed by atoms with Crippen molar-refractivity contribution in [1.29, 1.82) is 0 Å². The van der Waals surface area contributed by atoms with Crippen molar-refractivity contribution >= 4 is 22.6 Å². The Morgan fingerprint density at radius 1 is 0.933 bits per heavy atom. The number of amides is 2. The van der Waals surface area contributed by atoms with Gasteiger partial charge in [-0.2, -0.15) is 0 Å². The van der Waals surface area contributed by atoms with Gasteiger partial charge in [0.05, 0.1) is 6.04 Å². The highest BCUT2D eigenvalue weighted by atomic mass is 16.2. The lowest BCUT2D eigenvalue weighted by atomic mass is 9.98. The average Bonchev–Trinajstić information content (AvgIpc) is 2.78. The molecule has 1 atom stereocenters. The van der Waals surface area contributed by atoms with Gasteiger partial charge >= 0.3 is 0 Å². The van der Waals surface area contributed by atoms with Gasteiger partial charge < -0.3 is 10.8 Å². The van der Waals surface area contributed by atoms with E-state index in [2.05, 4.69) is 40.6 Å². The molecule has 10 N–H and O–H groups in total. The first-order valence-electron chi connectivity index (χ1n) is 9.29. The maximum absolute atomic E-state index is 12.9. The van der Waals surface area contributed by atoms with Gasteiger partial charge in [-0.15, -0.1) is 0 Å². The molecule has 8 nitrogen and oxygen atoms in total. The van der Waals surface area contributed by atoms with Crippen molar-refractivity contribution in [1.82, 2.24) is 10.7 Å². The predicted molar refractivity (Wildman–Crippen MR) is 119 cm³/mol. The molecule has 0 saturated heterocycles. The van der Waals surface area contributed by atoms with Gasteiger partial charge in [0.2, 0.25) is 5.91 Å². The second kappa shape index (κ2) is 12.3. The Morgan fingerprint density at radius 3 is 2.30 bits per heavy atom. The molecule has 3 rings (SSSR count). The zero-order valence-corrected chi connectivity index (χ0v) is 16.9. The summed E-state index contributed by atoms with van der Waals surface area (Å²) in [6, 6.07) is 21.4. The molecule has 0 spiro atoms. The molecule has 0 aliphatic carbocycles. The standard InChI is InChI=1S/C22H23N3O2.H4N2.H2O/c1-15(18-12-6-9-16-7-2-4-10-19(16)18)24-22(27)20-11-5-3-8-17(20)13-14-21(26)25-23;1-2;/h2-12,15H,13-14,23H2,1H3,(H,24,27)(H,25,26);1-2H2;1H2/t15-;;/m1../s1. The van der Waals surface area contributed by atoms with Crippen molar-refractivity contribution in [2.24, 2.45) is 17.5 Å². The molecule has 2 amide bonds. The molecular weight excluding hydrogens is 382 g/mol. The van der Waals surface area contributed by atoms with E-state index in [0.29, 0.717) is 12.0 Å². The highest BCUT2D eigenvalue weighted by Crippen LogP contribution is 2.24. The molecule has 3 aromatic rings. The summed E-state index contributed by atoms with van der Waals surface area (Å²) >= 11 is 0. The molecular formula is C22H29N5O3. The molecule has 0 saturated carbocycles. The number of carbonyl (C=O) groups excluding carboxylic acids is 2. The summed E-state index contributed by atoms with van der Waals surface area (Å²) in [4.78, 5) is 24.3. The van der Waals surface area contributed by atoms with Gasteiger partial charge in [-0.1, -0.05) is 60.7 Å². The first-order chi connectivity index (χ1) is 14.1. The zero-order chi connectivity index (χ0) is 21.2. The Labute approximate surface area is 175 Å². The summed E-state index contributed by atoms with van der Waals surface area (Å²) < 4.78 is 0. The summed E-state index contributed by atoms with van der Waals surface area (Å²) in [5.74, 6) is 12.7. The lowest BCUT2D eigenvalue weighted by Gasteiger charge is -2.18. The van der Waals surface area contributed by atoms with Crippen LogP contribution in [0.4, 0.5) is 0 Å². The van der Waals surface area contributed by atoms with Crippen LogP contribution < -0.4 is 28.3 Å². The van der Waals surface area contributed by atoms with Crippen LogP contribution in [0.25, 0.3) is 10.8 Å². The smallest absolute Gasteiger partial charge is 0.252 e. The monoisotopic (exact) mass is 411 g/mol. The van der Waals surface area contributed by atoms with Crippen LogP contribution in [0.2, 0.25) is 0 Å². The topological polar surface area (TPSA) is 168 Å². The molecule has 3 aromatic carbocycles. The number of fused-ring (bicyclic) bond motifs is 1. The lowest BCUT2D eigenvalue weighted by Crippen LogP contribution is -2.30. The van der Waals surface area contributed by atoms with Crippen molar-refractivity contribution in [3.8, 4) is 0 Å². The molecule has 0 aromatic heterocycles. The van der Waals surface area contributed by atoms with E-state index in [1.54, 1.807) is 6.07 Å².